The maximum Gasteiger partial charge on any atom is 0.317 e. The molecule has 10 nitrogen and oxygen atoms in total. The van der Waals surface area contributed by atoms with Gasteiger partial charge in [-0.1, -0.05) is 12.5 Å². The lowest BCUT2D eigenvalue weighted by molar-refractivity contribution is -0.126. The lowest BCUT2D eigenvalue weighted by Crippen LogP contribution is -2.53. The summed E-state index contributed by atoms with van der Waals surface area (Å²) in [6, 6.07) is 7.71. The van der Waals surface area contributed by atoms with Gasteiger partial charge < -0.3 is 30.2 Å². The summed E-state index contributed by atoms with van der Waals surface area (Å²) in [5, 5.41) is 15.9. The third-order valence-electron chi connectivity index (χ3n) is 7.31. The van der Waals surface area contributed by atoms with Gasteiger partial charge in [0.15, 0.2) is 0 Å². The first-order valence-corrected chi connectivity index (χ1v) is 11.7. The van der Waals surface area contributed by atoms with Gasteiger partial charge in [0.1, 0.15) is 23.5 Å². The highest BCUT2D eigenvalue weighted by atomic mass is 16.5. The standard InChI is InChI=1S/C24H28N6O4/c1-34-20-7-3-6-18-17(20)10-19(28-18)23(32)30-12-14-4-2-5-16(14)21(30)22(31)27-15(11-25)13-29-9-8-26-24(29)33/h3,6-7,10,14-16,21,28H,2,4-5,8-9,12-13H2,1H3,(H,26,33)(H,27,31)/t14-,15+,16-,21-/m0/s1. The maximum atomic E-state index is 13.6. The number of rotatable bonds is 6. The average molecular weight is 465 g/mol. The quantitative estimate of drug-likeness (QED) is 0.596. The topological polar surface area (TPSA) is 131 Å². The summed E-state index contributed by atoms with van der Waals surface area (Å²) in [7, 11) is 1.59. The number of carbonyl (C=O) groups excluding carboxylic acids is 3. The van der Waals surface area contributed by atoms with E-state index in [9.17, 15) is 19.6 Å². The Balaban J connectivity index is 1.37. The first-order chi connectivity index (χ1) is 16.5. The minimum absolute atomic E-state index is 0.0669. The number of nitriles is 1. The number of hydrogen-bond donors (Lipinski definition) is 3. The predicted molar refractivity (Wildman–Crippen MR) is 123 cm³/mol. The van der Waals surface area contributed by atoms with Gasteiger partial charge in [-0.15, -0.1) is 0 Å². The van der Waals surface area contributed by atoms with E-state index in [0.29, 0.717) is 31.1 Å². The fourth-order valence-electron chi connectivity index (χ4n) is 5.71. The lowest BCUT2D eigenvalue weighted by atomic mass is 9.93. The number of nitrogens with one attached hydrogen (secondary N) is 3. The van der Waals surface area contributed by atoms with Crippen molar-refractivity contribution < 1.29 is 19.1 Å². The second-order valence-electron chi connectivity index (χ2n) is 9.23. The summed E-state index contributed by atoms with van der Waals surface area (Å²) < 4.78 is 5.41. The van der Waals surface area contributed by atoms with Crippen LogP contribution in [-0.2, 0) is 4.79 Å². The Morgan fingerprint density at radius 3 is 2.94 bits per heavy atom. The van der Waals surface area contributed by atoms with Crippen molar-refractivity contribution in [2.75, 3.05) is 33.3 Å². The van der Waals surface area contributed by atoms with Gasteiger partial charge in [-0.3, -0.25) is 9.59 Å². The van der Waals surface area contributed by atoms with E-state index in [1.54, 1.807) is 18.1 Å². The van der Waals surface area contributed by atoms with Crippen LogP contribution in [0, 0.1) is 23.2 Å². The number of nitrogens with zero attached hydrogens (tertiary/aromatic N) is 3. The number of aromatic amines is 1. The Morgan fingerprint density at radius 1 is 1.35 bits per heavy atom. The number of aromatic nitrogens is 1. The van der Waals surface area contributed by atoms with Gasteiger partial charge in [0.2, 0.25) is 5.91 Å². The second-order valence-corrected chi connectivity index (χ2v) is 9.23. The number of ether oxygens (including phenoxy) is 1. The van der Waals surface area contributed by atoms with Crippen LogP contribution in [0.5, 0.6) is 5.75 Å². The molecule has 1 aliphatic carbocycles. The fourth-order valence-corrected chi connectivity index (χ4v) is 5.71. The molecule has 0 unspecified atom stereocenters. The van der Waals surface area contributed by atoms with Gasteiger partial charge in [0, 0.05) is 30.5 Å². The molecule has 0 bridgehead atoms. The number of methoxy groups -OCH3 is 1. The van der Waals surface area contributed by atoms with Crippen molar-refractivity contribution in [2.45, 2.75) is 31.3 Å². The number of urea groups is 1. The van der Waals surface area contributed by atoms with Crippen LogP contribution < -0.4 is 15.4 Å². The third-order valence-corrected chi connectivity index (χ3v) is 7.31. The monoisotopic (exact) mass is 464 g/mol. The van der Waals surface area contributed by atoms with Crippen LogP contribution in [0.1, 0.15) is 29.8 Å². The summed E-state index contributed by atoms with van der Waals surface area (Å²) in [5.74, 6) is 0.437. The summed E-state index contributed by atoms with van der Waals surface area (Å²) in [6.45, 7) is 1.65. The first-order valence-electron chi connectivity index (χ1n) is 11.7. The molecule has 3 fully saturated rings. The summed E-state index contributed by atoms with van der Waals surface area (Å²) in [5.41, 5.74) is 1.19. The molecule has 4 atom stereocenters. The van der Waals surface area contributed by atoms with Crippen molar-refractivity contribution in [3.8, 4) is 11.8 Å². The molecule has 5 rings (SSSR count). The van der Waals surface area contributed by atoms with E-state index in [1.807, 2.05) is 18.2 Å². The molecular formula is C24H28N6O4. The van der Waals surface area contributed by atoms with E-state index in [2.05, 4.69) is 21.7 Å². The third kappa shape index (κ3) is 3.81. The van der Waals surface area contributed by atoms with Gasteiger partial charge in [0.25, 0.3) is 5.91 Å². The zero-order chi connectivity index (χ0) is 23.8. The largest absolute Gasteiger partial charge is 0.496 e. The van der Waals surface area contributed by atoms with E-state index in [1.165, 1.54) is 4.90 Å². The number of likely N-dealkylation sites (tertiary alicyclic amines) is 1. The minimum Gasteiger partial charge on any atom is -0.496 e. The molecule has 2 saturated heterocycles. The molecule has 34 heavy (non-hydrogen) atoms. The Morgan fingerprint density at radius 2 is 2.21 bits per heavy atom. The zero-order valence-corrected chi connectivity index (χ0v) is 19.0. The molecule has 0 spiro atoms. The maximum absolute atomic E-state index is 13.6. The number of fused-ring (bicyclic) bond motifs is 2. The molecule has 2 aliphatic heterocycles. The molecule has 3 heterocycles. The zero-order valence-electron chi connectivity index (χ0n) is 19.0. The Bertz CT molecular complexity index is 1170. The first kappa shape index (κ1) is 22.1. The molecule has 178 valence electrons. The van der Waals surface area contributed by atoms with Crippen molar-refractivity contribution in [1.29, 1.82) is 5.26 Å². The molecule has 10 heteroatoms. The summed E-state index contributed by atoms with van der Waals surface area (Å²) >= 11 is 0. The molecule has 3 aliphatic rings. The number of H-pyrrole nitrogens is 1. The molecule has 1 saturated carbocycles. The van der Waals surface area contributed by atoms with E-state index < -0.39 is 12.1 Å². The van der Waals surface area contributed by atoms with Gasteiger partial charge in [-0.25, -0.2) is 4.79 Å². The van der Waals surface area contributed by atoms with Crippen molar-refractivity contribution >= 4 is 28.7 Å². The van der Waals surface area contributed by atoms with Crippen LogP contribution in [0.25, 0.3) is 10.9 Å². The van der Waals surface area contributed by atoms with E-state index in [4.69, 9.17) is 4.74 Å². The Hall–Kier alpha value is -3.74. The van der Waals surface area contributed by atoms with Crippen molar-refractivity contribution in [3.05, 3.63) is 30.0 Å². The second kappa shape index (κ2) is 8.89. The predicted octanol–water partition coefficient (Wildman–Crippen LogP) is 1.45. The smallest absolute Gasteiger partial charge is 0.317 e. The minimum atomic E-state index is -0.842. The van der Waals surface area contributed by atoms with Crippen LogP contribution in [-0.4, -0.2) is 78.0 Å². The highest BCUT2D eigenvalue weighted by Crippen LogP contribution is 2.43. The van der Waals surface area contributed by atoms with Crippen LogP contribution in [0.4, 0.5) is 4.79 Å². The van der Waals surface area contributed by atoms with E-state index >= 15 is 0 Å². The highest BCUT2D eigenvalue weighted by molar-refractivity contribution is 6.02. The molecule has 1 aromatic carbocycles. The van der Waals surface area contributed by atoms with Gasteiger partial charge >= 0.3 is 6.03 Å². The van der Waals surface area contributed by atoms with Crippen LogP contribution >= 0.6 is 0 Å². The molecular weight excluding hydrogens is 436 g/mol. The normalized spacial score (nSPS) is 24.6. The Labute approximate surface area is 197 Å². The van der Waals surface area contributed by atoms with Crippen molar-refractivity contribution in [1.82, 2.24) is 25.4 Å². The molecule has 2 aromatic rings. The van der Waals surface area contributed by atoms with Gasteiger partial charge in [0.05, 0.1) is 19.7 Å². The molecule has 4 amide bonds. The number of hydrogen-bond acceptors (Lipinski definition) is 5. The van der Waals surface area contributed by atoms with Gasteiger partial charge in [-0.2, -0.15) is 5.26 Å². The molecule has 3 N–H and O–H groups in total. The van der Waals surface area contributed by atoms with Crippen LogP contribution in [0.3, 0.4) is 0 Å². The SMILES string of the molecule is COc1cccc2[nH]c(C(=O)N3C[C@@H]4CCC[C@@H]4[C@H]3C(=O)N[C@H](C#N)CN3CCNC3=O)cc12. The lowest BCUT2D eigenvalue weighted by Gasteiger charge is -2.28. The average Bonchev–Trinajstić information content (AvgIpc) is 3.61. The van der Waals surface area contributed by atoms with E-state index in [-0.39, 0.29) is 36.2 Å². The summed E-state index contributed by atoms with van der Waals surface area (Å²) in [4.78, 5) is 45.2. The van der Waals surface area contributed by atoms with Crippen molar-refractivity contribution in [3.63, 3.8) is 0 Å². The van der Waals surface area contributed by atoms with E-state index in [0.717, 1.165) is 30.2 Å². The molecule has 0 radical (unpaired) electrons. The van der Waals surface area contributed by atoms with Crippen molar-refractivity contribution in [2.24, 2.45) is 11.8 Å². The highest BCUT2D eigenvalue weighted by Gasteiger charge is 2.50. The number of amides is 4. The molecule has 1 aromatic heterocycles. The number of benzene rings is 1. The Kier molecular flexibility index (Phi) is 5.77. The summed E-state index contributed by atoms with van der Waals surface area (Å²) in [6.07, 6.45) is 2.88. The number of carbonyl (C=O) groups is 3. The fraction of sp³-hybridized carbons (Fsp3) is 0.500. The van der Waals surface area contributed by atoms with Gasteiger partial charge in [-0.05, 0) is 42.9 Å². The van der Waals surface area contributed by atoms with Crippen LogP contribution in [0.2, 0.25) is 0 Å². The van der Waals surface area contributed by atoms with Crippen LogP contribution in [0.15, 0.2) is 24.3 Å².